The van der Waals surface area contributed by atoms with Gasteiger partial charge in [-0.1, -0.05) is 11.2 Å². The van der Waals surface area contributed by atoms with Crippen LogP contribution >= 0.6 is 7.82 Å². The van der Waals surface area contributed by atoms with Gasteiger partial charge in [0, 0.05) is 11.1 Å². The quantitative estimate of drug-likeness (QED) is 0.505. The third-order valence-corrected chi connectivity index (χ3v) is 4.63. The maximum absolute atomic E-state index is 11.3. The summed E-state index contributed by atoms with van der Waals surface area (Å²) in [4.78, 5) is 18.3. The largest absolute Gasteiger partial charge is 0.524 e. The van der Waals surface area contributed by atoms with Crippen molar-refractivity contribution in [3.63, 3.8) is 0 Å². The second-order valence-corrected chi connectivity index (χ2v) is 7.10. The molecule has 160 valence electrons. The fraction of sp³-hybridized carbons (Fsp3) is 0.211. The lowest BCUT2D eigenvalue weighted by molar-refractivity contribution is 0.276. The second-order valence-electron chi connectivity index (χ2n) is 5.94. The molecule has 0 atom stereocenters. The molecule has 0 fully saturated rings. The summed E-state index contributed by atoms with van der Waals surface area (Å²) < 4.78 is 42.4. The van der Waals surface area contributed by atoms with Crippen LogP contribution in [0, 0.1) is 0 Å². The van der Waals surface area contributed by atoms with Gasteiger partial charge in [0.05, 0.1) is 28.4 Å². The van der Waals surface area contributed by atoms with Crippen LogP contribution in [0.2, 0.25) is 0 Å². The molecule has 2 aromatic carbocycles. The van der Waals surface area contributed by atoms with Crippen LogP contribution in [0.1, 0.15) is 0 Å². The highest BCUT2D eigenvalue weighted by atomic mass is 31.2. The first kappa shape index (κ1) is 21.5. The zero-order valence-corrected chi connectivity index (χ0v) is 17.5. The number of rotatable bonds is 8. The number of aromatic nitrogens is 1. The summed E-state index contributed by atoms with van der Waals surface area (Å²) in [6, 6.07) is 8.04. The molecule has 0 unspecified atom stereocenters. The van der Waals surface area contributed by atoms with Crippen LogP contribution in [0.25, 0.3) is 22.4 Å². The van der Waals surface area contributed by atoms with Gasteiger partial charge in [0.15, 0.2) is 23.0 Å². The fourth-order valence-electron chi connectivity index (χ4n) is 2.91. The number of hydrogen-bond acceptors (Lipinski definition) is 8. The van der Waals surface area contributed by atoms with Crippen molar-refractivity contribution in [2.45, 2.75) is 0 Å². The Labute approximate surface area is 172 Å². The number of phosphoric acid groups is 1. The van der Waals surface area contributed by atoms with E-state index >= 15 is 0 Å². The topological polar surface area (TPSA) is 130 Å². The van der Waals surface area contributed by atoms with E-state index < -0.39 is 7.82 Å². The lowest BCUT2D eigenvalue weighted by atomic mass is 10.0. The molecule has 10 nitrogen and oxygen atoms in total. The predicted molar refractivity (Wildman–Crippen MR) is 106 cm³/mol. The lowest BCUT2D eigenvalue weighted by Crippen LogP contribution is -1.96. The van der Waals surface area contributed by atoms with Crippen LogP contribution in [0.5, 0.6) is 28.7 Å². The third kappa shape index (κ3) is 4.35. The smallest absolute Gasteiger partial charge is 0.493 e. The van der Waals surface area contributed by atoms with E-state index in [0.29, 0.717) is 39.6 Å². The molecular weight excluding hydrogens is 417 g/mol. The Balaban J connectivity index is 2.13. The maximum Gasteiger partial charge on any atom is 0.524 e. The van der Waals surface area contributed by atoms with Gasteiger partial charge in [-0.05, 0) is 29.8 Å². The minimum absolute atomic E-state index is 0.125. The number of methoxy groups -OCH3 is 4. The normalized spacial score (nSPS) is 11.1. The van der Waals surface area contributed by atoms with Crippen molar-refractivity contribution in [2.75, 3.05) is 28.4 Å². The van der Waals surface area contributed by atoms with Gasteiger partial charge in [0.25, 0.3) is 0 Å². The summed E-state index contributed by atoms with van der Waals surface area (Å²) >= 11 is 0. The van der Waals surface area contributed by atoms with Gasteiger partial charge in [-0.15, -0.1) is 0 Å². The zero-order valence-electron chi connectivity index (χ0n) is 16.6. The van der Waals surface area contributed by atoms with Crippen LogP contribution in [-0.4, -0.2) is 43.4 Å². The first-order valence-electron chi connectivity index (χ1n) is 8.49. The highest BCUT2D eigenvalue weighted by molar-refractivity contribution is 7.46. The summed E-state index contributed by atoms with van der Waals surface area (Å²) in [5.41, 5.74) is 2.13. The molecule has 2 N–H and O–H groups in total. The Kier molecular flexibility index (Phi) is 6.21. The SMILES string of the molecule is COc1ccc(-c2conc2-c2cc(OC)c(OC)c(OC)c2)cc1OP(=O)(O)O. The summed E-state index contributed by atoms with van der Waals surface area (Å²) in [6.45, 7) is 0. The molecule has 3 aromatic rings. The van der Waals surface area contributed by atoms with Gasteiger partial charge < -0.3 is 28.0 Å². The molecule has 0 bridgehead atoms. The second kappa shape index (κ2) is 8.66. The van der Waals surface area contributed by atoms with E-state index in [2.05, 4.69) is 5.16 Å². The van der Waals surface area contributed by atoms with Crippen molar-refractivity contribution >= 4 is 7.82 Å². The van der Waals surface area contributed by atoms with E-state index in [9.17, 15) is 14.4 Å². The Morgan fingerprint density at radius 3 is 1.97 bits per heavy atom. The van der Waals surface area contributed by atoms with Crippen LogP contribution in [0.3, 0.4) is 0 Å². The maximum atomic E-state index is 11.3. The number of phosphoric ester groups is 1. The summed E-state index contributed by atoms with van der Waals surface area (Å²) in [7, 11) is 1.07. The van der Waals surface area contributed by atoms with E-state index in [4.69, 9.17) is 28.0 Å². The van der Waals surface area contributed by atoms with E-state index in [-0.39, 0.29) is 11.5 Å². The van der Waals surface area contributed by atoms with Crippen molar-refractivity contribution in [3.05, 3.63) is 36.6 Å². The fourth-order valence-corrected chi connectivity index (χ4v) is 3.31. The van der Waals surface area contributed by atoms with Gasteiger partial charge in [0.1, 0.15) is 12.0 Å². The molecule has 11 heteroatoms. The standard InChI is InChI=1S/C19H20NO9P/c1-24-14-6-5-11(7-15(14)29-30(21,22)23)13-10-28-20-18(13)12-8-16(25-2)19(27-4)17(9-12)26-3/h5-10H,1-4H3,(H2,21,22,23). The Hall–Kier alpha value is -3.20. The molecule has 0 saturated carbocycles. The van der Waals surface area contributed by atoms with Crippen molar-refractivity contribution in [1.29, 1.82) is 0 Å². The first-order chi connectivity index (χ1) is 14.3. The molecule has 0 radical (unpaired) electrons. The lowest BCUT2D eigenvalue weighted by Gasteiger charge is -2.14. The molecule has 0 amide bonds. The molecule has 0 aliphatic rings. The molecule has 0 saturated heterocycles. The van der Waals surface area contributed by atoms with E-state index in [0.717, 1.165) is 0 Å². The first-order valence-corrected chi connectivity index (χ1v) is 10.0. The highest BCUT2D eigenvalue weighted by Gasteiger charge is 2.22. The summed E-state index contributed by atoms with van der Waals surface area (Å²) in [6.07, 6.45) is 1.40. The molecule has 1 heterocycles. The van der Waals surface area contributed by atoms with Gasteiger partial charge in [-0.3, -0.25) is 9.79 Å². The van der Waals surface area contributed by atoms with Gasteiger partial charge in [-0.2, -0.15) is 0 Å². The summed E-state index contributed by atoms with van der Waals surface area (Å²) in [5, 5.41) is 4.06. The number of hydrogen-bond donors (Lipinski definition) is 2. The number of benzene rings is 2. The van der Waals surface area contributed by atoms with Crippen LogP contribution in [0.15, 0.2) is 41.1 Å². The zero-order chi connectivity index (χ0) is 21.9. The molecule has 0 spiro atoms. The van der Waals surface area contributed by atoms with Crippen LogP contribution in [-0.2, 0) is 4.57 Å². The highest BCUT2D eigenvalue weighted by Crippen LogP contribution is 2.46. The number of nitrogens with zero attached hydrogens (tertiary/aromatic N) is 1. The van der Waals surface area contributed by atoms with E-state index in [1.807, 2.05) is 0 Å². The van der Waals surface area contributed by atoms with Gasteiger partial charge in [0.2, 0.25) is 5.75 Å². The molecular formula is C19H20NO9P. The molecule has 1 aromatic heterocycles. The van der Waals surface area contributed by atoms with E-state index in [1.165, 1.54) is 46.8 Å². The molecule has 30 heavy (non-hydrogen) atoms. The van der Waals surface area contributed by atoms with Crippen molar-refractivity contribution in [2.24, 2.45) is 0 Å². The average molecular weight is 437 g/mol. The Morgan fingerprint density at radius 1 is 0.833 bits per heavy atom. The van der Waals surface area contributed by atoms with Crippen LogP contribution in [0.4, 0.5) is 0 Å². The van der Waals surface area contributed by atoms with Crippen molar-refractivity contribution < 1.29 is 42.3 Å². The minimum atomic E-state index is -4.79. The Bertz CT molecular complexity index is 1060. The summed E-state index contributed by atoms with van der Waals surface area (Å²) in [5.74, 6) is 1.32. The molecule has 0 aliphatic heterocycles. The third-order valence-electron chi connectivity index (χ3n) is 4.20. The van der Waals surface area contributed by atoms with Crippen LogP contribution < -0.4 is 23.5 Å². The predicted octanol–water partition coefficient (Wildman–Crippen LogP) is 3.51. The Morgan fingerprint density at radius 2 is 1.43 bits per heavy atom. The monoisotopic (exact) mass is 437 g/mol. The number of ether oxygens (including phenoxy) is 4. The van der Waals surface area contributed by atoms with Gasteiger partial charge >= 0.3 is 7.82 Å². The molecule has 3 rings (SSSR count). The van der Waals surface area contributed by atoms with Crippen molar-refractivity contribution in [3.8, 4) is 51.1 Å². The minimum Gasteiger partial charge on any atom is -0.493 e. The van der Waals surface area contributed by atoms with Gasteiger partial charge in [-0.25, -0.2) is 4.57 Å². The van der Waals surface area contributed by atoms with E-state index in [1.54, 1.807) is 18.2 Å². The average Bonchev–Trinajstić information content (AvgIpc) is 3.21. The molecule has 0 aliphatic carbocycles. The van der Waals surface area contributed by atoms with Crippen molar-refractivity contribution in [1.82, 2.24) is 5.16 Å².